The fourth-order valence-corrected chi connectivity index (χ4v) is 1.89. The molecule has 104 valence electrons. The molecule has 0 heterocycles. The Bertz CT molecular complexity index is 429. The van der Waals surface area contributed by atoms with Crippen molar-refractivity contribution in [1.82, 2.24) is 5.32 Å². The van der Waals surface area contributed by atoms with Gasteiger partial charge < -0.3 is 5.32 Å². The molecule has 0 fully saturated rings. The van der Waals surface area contributed by atoms with Crippen LogP contribution in [-0.2, 0) is 11.3 Å². The first kappa shape index (κ1) is 16.0. The first-order valence-corrected chi connectivity index (χ1v) is 7.49. The van der Waals surface area contributed by atoms with Crippen LogP contribution in [0.15, 0.2) is 30.3 Å². The second kappa shape index (κ2) is 7.51. The minimum absolute atomic E-state index is 0.141. The molecule has 1 N–H and O–H groups in total. The van der Waals surface area contributed by atoms with Crippen LogP contribution < -0.4 is 5.32 Å². The highest BCUT2D eigenvalue weighted by atomic mass is 32.2. The van der Waals surface area contributed by atoms with Crippen molar-refractivity contribution in [3.8, 4) is 0 Å². The van der Waals surface area contributed by atoms with E-state index in [0.717, 1.165) is 12.3 Å². The van der Waals surface area contributed by atoms with Gasteiger partial charge in [-0.25, -0.2) is 0 Å². The molecule has 0 aliphatic heterocycles. The van der Waals surface area contributed by atoms with Crippen LogP contribution in [0.1, 0.15) is 38.8 Å². The number of nitrogens with one attached hydrogen (secondary N) is 1. The zero-order valence-corrected chi connectivity index (χ0v) is 13.0. The van der Waals surface area contributed by atoms with E-state index >= 15 is 0 Å². The first-order chi connectivity index (χ1) is 8.87. The van der Waals surface area contributed by atoms with Crippen molar-refractivity contribution in [1.29, 1.82) is 0 Å². The molecule has 3 heteroatoms. The summed E-state index contributed by atoms with van der Waals surface area (Å²) in [6.45, 7) is 8.97. The maximum absolute atomic E-state index is 10.8. The standard InChI is InChI=1S/C16H23NOS/c1-13(18)19-11-5-6-14-7-9-15(10-8-14)12-17-16(2,3)4/h5-10,17H,11-12H2,1-4H3. The molecule has 2 nitrogen and oxygen atoms in total. The average Bonchev–Trinajstić information content (AvgIpc) is 2.32. The van der Waals surface area contributed by atoms with Gasteiger partial charge in [0, 0.05) is 24.8 Å². The van der Waals surface area contributed by atoms with Gasteiger partial charge in [-0.05, 0) is 31.9 Å². The molecule has 0 atom stereocenters. The highest BCUT2D eigenvalue weighted by molar-refractivity contribution is 8.13. The number of benzene rings is 1. The fraction of sp³-hybridized carbons (Fsp3) is 0.438. The lowest BCUT2D eigenvalue weighted by atomic mass is 10.1. The number of rotatable bonds is 5. The number of carbonyl (C=O) groups is 1. The lowest BCUT2D eigenvalue weighted by Crippen LogP contribution is -2.35. The van der Waals surface area contributed by atoms with Gasteiger partial charge in [0.05, 0.1) is 0 Å². The van der Waals surface area contributed by atoms with Gasteiger partial charge >= 0.3 is 0 Å². The molecule has 0 bridgehead atoms. The van der Waals surface area contributed by atoms with Crippen LogP contribution in [0, 0.1) is 0 Å². The van der Waals surface area contributed by atoms with E-state index in [1.807, 2.05) is 6.08 Å². The van der Waals surface area contributed by atoms with Crippen molar-refractivity contribution >= 4 is 23.0 Å². The molecule has 0 unspecified atom stereocenters. The summed E-state index contributed by atoms with van der Waals surface area (Å²) < 4.78 is 0. The summed E-state index contributed by atoms with van der Waals surface area (Å²) in [5, 5.41) is 3.62. The van der Waals surface area contributed by atoms with E-state index in [2.05, 4.69) is 56.4 Å². The van der Waals surface area contributed by atoms with E-state index in [9.17, 15) is 4.79 Å². The van der Waals surface area contributed by atoms with Crippen LogP contribution in [-0.4, -0.2) is 16.4 Å². The lowest BCUT2D eigenvalue weighted by molar-refractivity contribution is -0.109. The molecule has 0 aromatic heterocycles. The van der Waals surface area contributed by atoms with Gasteiger partial charge in [0.15, 0.2) is 5.12 Å². The Balaban J connectivity index is 2.45. The highest BCUT2D eigenvalue weighted by Crippen LogP contribution is 2.09. The van der Waals surface area contributed by atoms with Crippen molar-refractivity contribution in [2.45, 2.75) is 39.8 Å². The lowest BCUT2D eigenvalue weighted by Gasteiger charge is -2.20. The average molecular weight is 277 g/mol. The predicted octanol–water partition coefficient (Wildman–Crippen LogP) is 3.87. The molecule has 0 radical (unpaired) electrons. The number of thioether (sulfide) groups is 1. The Morgan fingerprint density at radius 2 is 1.89 bits per heavy atom. The summed E-state index contributed by atoms with van der Waals surface area (Å²) in [4.78, 5) is 10.8. The molecule has 0 saturated heterocycles. The van der Waals surface area contributed by atoms with Gasteiger partial charge in [-0.2, -0.15) is 0 Å². The van der Waals surface area contributed by atoms with Crippen LogP contribution in [0.4, 0.5) is 0 Å². The molecule has 0 aliphatic rings. The predicted molar refractivity (Wildman–Crippen MR) is 85.2 cm³/mol. The van der Waals surface area contributed by atoms with Crippen LogP contribution in [0.5, 0.6) is 0 Å². The summed E-state index contributed by atoms with van der Waals surface area (Å²) >= 11 is 1.33. The third-order valence-electron chi connectivity index (χ3n) is 2.50. The maximum Gasteiger partial charge on any atom is 0.186 e. The fourth-order valence-electron chi connectivity index (χ4n) is 1.46. The SMILES string of the molecule is CC(=O)SCC=Cc1ccc(CNC(C)(C)C)cc1. The monoisotopic (exact) mass is 277 g/mol. The van der Waals surface area contributed by atoms with E-state index in [0.29, 0.717) is 0 Å². The maximum atomic E-state index is 10.8. The van der Waals surface area contributed by atoms with Crippen molar-refractivity contribution in [3.63, 3.8) is 0 Å². The molecule has 1 aromatic carbocycles. The largest absolute Gasteiger partial charge is 0.308 e. The molecular weight excluding hydrogens is 254 g/mol. The van der Waals surface area contributed by atoms with Crippen LogP contribution >= 0.6 is 11.8 Å². The van der Waals surface area contributed by atoms with E-state index in [-0.39, 0.29) is 10.7 Å². The van der Waals surface area contributed by atoms with Crippen molar-refractivity contribution in [3.05, 3.63) is 41.5 Å². The second-order valence-corrected chi connectivity index (χ2v) is 6.75. The molecular formula is C16H23NOS. The van der Waals surface area contributed by atoms with Gasteiger partial charge in [-0.15, -0.1) is 0 Å². The first-order valence-electron chi connectivity index (χ1n) is 6.51. The number of hydrogen-bond donors (Lipinski definition) is 1. The summed E-state index contributed by atoms with van der Waals surface area (Å²) in [6.07, 6.45) is 4.07. The Morgan fingerprint density at radius 1 is 1.26 bits per heavy atom. The van der Waals surface area contributed by atoms with Gasteiger partial charge in [-0.3, -0.25) is 4.79 Å². The third kappa shape index (κ3) is 7.85. The minimum Gasteiger partial charge on any atom is -0.308 e. The molecule has 0 spiro atoms. The molecule has 1 aromatic rings. The van der Waals surface area contributed by atoms with E-state index in [4.69, 9.17) is 0 Å². The van der Waals surface area contributed by atoms with Gasteiger partial charge in [0.1, 0.15) is 0 Å². The van der Waals surface area contributed by atoms with E-state index in [1.165, 1.54) is 22.9 Å². The normalized spacial score (nSPS) is 12.0. The van der Waals surface area contributed by atoms with Crippen LogP contribution in [0.3, 0.4) is 0 Å². The molecule has 0 aliphatic carbocycles. The highest BCUT2D eigenvalue weighted by Gasteiger charge is 2.07. The second-order valence-electron chi connectivity index (χ2n) is 5.55. The van der Waals surface area contributed by atoms with E-state index in [1.54, 1.807) is 6.92 Å². The third-order valence-corrected chi connectivity index (χ3v) is 3.26. The van der Waals surface area contributed by atoms with Crippen LogP contribution in [0.2, 0.25) is 0 Å². The Morgan fingerprint density at radius 3 is 2.42 bits per heavy atom. The summed E-state index contributed by atoms with van der Waals surface area (Å²) in [5.74, 6) is 0.739. The topological polar surface area (TPSA) is 29.1 Å². The summed E-state index contributed by atoms with van der Waals surface area (Å²) in [5.41, 5.74) is 2.59. The number of hydrogen-bond acceptors (Lipinski definition) is 3. The van der Waals surface area contributed by atoms with Gasteiger partial charge in [-0.1, -0.05) is 48.2 Å². The molecule has 0 saturated carbocycles. The summed E-state index contributed by atoms with van der Waals surface area (Å²) in [7, 11) is 0. The zero-order chi connectivity index (χ0) is 14.3. The Kier molecular flexibility index (Phi) is 6.32. The minimum atomic E-state index is 0.141. The Labute approximate surface area is 120 Å². The molecule has 0 amide bonds. The quantitative estimate of drug-likeness (QED) is 0.886. The van der Waals surface area contributed by atoms with Crippen molar-refractivity contribution in [2.75, 3.05) is 5.75 Å². The Hall–Kier alpha value is -1.06. The molecule has 1 rings (SSSR count). The van der Waals surface area contributed by atoms with Crippen molar-refractivity contribution < 1.29 is 4.79 Å². The summed E-state index contributed by atoms with van der Waals surface area (Å²) in [6, 6.07) is 8.48. The van der Waals surface area contributed by atoms with Gasteiger partial charge in [0.2, 0.25) is 0 Å². The smallest absolute Gasteiger partial charge is 0.186 e. The number of carbonyl (C=O) groups excluding carboxylic acids is 1. The van der Waals surface area contributed by atoms with Gasteiger partial charge in [0.25, 0.3) is 0 Å². The van der Waals surface area contributed by atoms with Crippen molar-refractivity contribution in [2.24, 2.45) is 0 Å². The molecule has 19 heavy (non-hydrogen) atoms. The zero-order valence-electron chi connectivity index (χ0n) is 12.2. The van der Waals surface area contributed by atoms with Crippen LogP contribution in [0.25, 0.3) is 6.08 Å². The van der Waals surface area contributed by atoms with E-state index < -0.39 is 0 Å².